The van der Waals surface area contributed by atoms with Crippen LogP contribution >= 0.6 is 0 Å². The highest BCUT2D eigenvalue weighted by Gasteiger charge is 2.27. The second kappa shape index (κ2) is 5.90. The number of nitrogens with one attached hydrogen (secondary N) is 1. The average molecular weight is 317 g/mol. The van der Waals surface area contributed by atoms with Crippen molar-refractivity contribution in [2.24, 2.45) is 0 Å². The third-order valence-corrected chi connectivity index (χ3v) is 5.57. The minimum absolute atomic E-state index is 0.0518. The zero-order valence-electron chi connectivity index (χ0n) is 13.4. The molecule has 0 radical (unpaired) electrons. The molecule has 0 aliphatic rings. The van der Waals surface area contributed by atoms with E-state index in [-0.39, 0.29) is 28.2 Å². The molecule has 0 bridgehead atoms. The first kappa shape index (κ1) is 17.9. The third kappa shape index (κ3) is 3.72. The number of sulfonamides is 1. The maximum Gasteiger partial charge on any atom is 0.241 e. The lowest BCUT2D eigenvalue weighted by Crippen LogP contribution is -2.48. The van der Waals surface area contributed by atoms with Crippen LogP contribution in [0.15, 0.2) is 11.0 Å². The molecule has 1 aromatic carbocycles. The second-order valence-corrected chi connectivity index (χ2v) is 7.78. The normalized spacial score (nSPS) is 13.0. The number of nitrogens with two attached hydrogens (primary N) is 1. The molecule has 21 heavy (non-hydrogen) atoms. The molecular formula is C14H24FN3O2S. The zero-order valence-corrected chi connectivity index (χ0v) is 14.2. The Bertz CT molecular complexity index is 640. The van der Waals surface area contributed by atoms with E-state index in [0.717, 1.165) is 6.07 Å². The van der Waals surface area contributed by atoms with Gasteiger partial charge in [-0.25, -0.2) is 17.5 Å². The first-order valence-corrected chi connectivity index (χ1v) is 8.10. The molecule has 0 saturated carbocycles. The van der Waals surface area contributed by atoms with E-state index in [4.69, 9.17) is 5.73 Å². The fourth-order valence-electron chi connectivity index (χ4n) is 1.85. The lowest BCUT2D eigenvalue weighted by Gasteiger charge is -2.32. The van der Waals surface area contributed by atoms with Crippen LogP contribution in [0, 0.1) is 19.7 Å². The maximum absolute atomic E-state index is 13.5. The Labute approximate surface area is 126 Å². The Balaban J connectivity index is 3.19. The molecule has 120 valence electrons. The standard InChI is InChI=1S/C14H24FN3O2S/c1-9-7-11(15)12(16)10(2)13(9)21(19,20)17-8-14(3,4)18(5)6/h7,17H,8,16H2,1-6H3. The number of benzene rings is 1. The molecule has 3 N–H and O–H groups in total. The Morgan fingerprint density at radius 2 is 1.86 bits per heavy atom. The first-order valence-electron chi connectivity index (χ1n) is 6.62. The summed E-state index contributed by atoms with van der Waals surface area (Å²) in [6, 6.07) is 1.15. The monoisotopic (exact) mass is 317 g/mol. The van der Waals surface area contributed by atoms with Crippen LogP contribution in [0.2, 0.25) is 0 Å². The fourth-order valence-corrected chi connectivity index (χ4v) is 3.53. The number of hydrogen-bond acceptors (Lipinski definition) is 4. The summed E-state index contributed by atoms with van der Waals surface area (Å²) in [4.78, 5) is 1.98. The molecule has 0 atom stereocenters. The predicted molar refractivity (Wildman–Crippen MR) is 83.2 cm³/mol. The highest BCUT2D eigenvalue weighted by atomic mass is 32.2. The highest BCUT2D eigenvalue weighted by Crippen LogP contribution is 2.27. The van der Waals surface area contributed by atoms with E-state index in [1.165, 1.54) is 6.92 Å². The molecule has 0 amide bonds. The van der Waals surface area contributed by atoms with Crippen molar-refractivity contribution in [1.29, 1.82) is 0 Å². The number of anilines is 1. The number of halogens is 1. The van der Waals surface area contributed by atoms with Gasteiger partial charge in [-0.3, -0.25) is 0 Å². The van der Waals surface area contributed by atoms with Gasteiger partial charge in [-0.2, -0.15) is 0 Å². The van der Waals surface area contributed by atoms with Crippen molar-refractivity contribution in [1.82, 2.24) is 9.62 Å². The summed E-state index contributed by atoms with van der Waals surface area (Å²) in [5, 5.41) is 0. The van der Waals surface area contributed by atoms with Crippen LogP contribution in [-0.4, -0.2) is 39.5 Å². The van der Waals surface area contributed by atoms with Crippen molar-refractivity contribution >= 4 is 15.7 Å². The topological polar surface area (TPSA) is 75.4 Å². The summed E-state index contributed by atoms with van der Waals surface area (Å²) in [6.07, 6.45) is 0. The van der Waals surface area contributed by atoms with Gasteiger partial charge in [0.05, 0.1) is 10.6 Å². The van der Waals surface area contributed by atoms with Gasteiger partial charge in [-0.05, 0) is 59.0 Å². The zero-order chi connectivity index (χ0) is 16.6. The summed E-state index contributed by atoms with van der Waals surface area (Å²) in [5.41, 5.74) is 5.71. The van der Waals surface area contributed by atoms with Crippen LogP contribution < -0.4 is 10.5 Å². The van der Waals surface area contributed by atoms with Crippen LogP contribution in [0.3, 0.4) is 0 Å². The molecule has 0 fully saturated rings. The van der Waals surface area contributed by atoms with E-state index in [9.17, 15) is 12.8 Å². The smallest absolute Gasteiger partial charge is 0.241 e. The second-order valence-electron chi connectivity index (χ2n) is 6.07. The van der Waals surface area contributed by atoms with Crippen molar-refractivity contribution < 1.29 is 12.8 Å². The average Bonchev–Trinajstić information content (AvgIpc) is 2.33. The van der Waals surface area contributed by atoms with Crippen molar-refractivity contribution in [3.05, 3.63) is 23.0 Å². The Morgan fingerprint density at radius 1 is 1.33 bits per heavy atom. The number of nitrogens with zero attached hydrogens (tertiary/aromatic N) is 1. The van der Waals surface area contributed by atoms with E-state index in [2.05, 4.69) is 4.72 Å². The number of likely N-dealkylation sites (N-methyl/N-ethyl adjacent to an activating group) is 1. The number of nitrogen functional groups attached to an aromatic ring is 1. The minimum atomic E-state index is -3.75. The lowest BCUT2D eigenvalue weighted by molar-refractivity contribution is 0.199. The lowest BCUT2D eigenvalue weighted by atomic mass is 10.1. The van der Waals surface area contributed by atoms with Gasteiger partial charge in [0, 0.05) is 12.1 Å². The van der Waals surface area contributed by atoms with Crippen LogP contribution in [-0.2, 0) is 10.0 Å². The van der Waals surface area contributed by atoms with Crippen molar-refractivity contribution in [2.75, 3.05) is 26.4 Å². The van der Waals surface area contributed by atoms with Crippen molar-refractivity contribution in [3.63, 3.8) is 0 Å². The molecule has 0 heterocycles. The first-order chi connectivity index (χ1) is 9.40. The van der Waals surface area contributed by atoms with Crippen LogP contribution in [0.5, 0.6) is 0 Å². The molecule has 0 aromatic heterocycles. The molecule has 0 spiro atoms. The summed E-state index contributed by atoms with van der Waals surface area (Å²) < 4.78 is 41.1. The molecule has 5 nitrogen and oxygen atoms in total. The Hall–Kier alpha value is -1.18. The van der Waals surface area contributed by atoms with E-state index >= 15 is 0 Å². The summed E-state index contributed by atoms with van der Waals surface area (Å²) in [6.45, 7) is 7.15. The summed E-state index contributed by atoms with van der Waals surface area (Å²) in [7, 11) is 0.000425. The van der Waals surface area contributed by atoms with Gasteiger partial charge in [-0.1, -0.05) is 0 Å². The molecule has 0 aliphatic carbocycles. The van der Waals surface area contributed by atoms with Crippen molar-refractivity contribution in [3.8, 4) is 0 Å². The molecule has 7 heteroatoms. The number of hydrogen-bond donors (Lipinski definition) is 2. The van der Waals surface area contributed by atoms with Crippen molar-refractivity contribution in [2.45, 2.75) is 38.1 Å². The van der Waals surface area contributed by atoms with Gasteiger partial charge >= 0.3 is 0 Å². The van der Waals surface area contributed by atoms with Gasteiger partial charge in [0.15, 0.2) is 0 Å². The summed E-state index contributed by atoms with van der Waals surface area (Å²) >= 11 is 0. The Kier molecular flexibility index (Phi) is 5.02. The van der Waals surface area contributed by atoms with Crippen LogP contribution in [0.25, 0.3) is 0 Å². The maximum atomic E-state index is 13.5. The third-order valence-electron chi connectivity index (χ3n) is 3.88. The molecule has 0 aliphatic heterocycles. The van der Waals surface area contributed by atoms with Gasteiger partial charge < -0.3 is 10.6 Å². The largest absolute Gasteiger partial charge is 0.396 e. The highest BCUT2D eigenvalue weighted by molar-refractivity contribution is 7.89. The molecule has 1 aromatic rings. The van der Waals surface area contributed by atoms with E-state index in [1.807, 2.05) is 32.8 Å². The van der Waals surface area contributed by atoms with E-state index < -0.39 is 15.8 Å². The number of aryl methyl sites for hydroxylation is 1. The predicted octanol–water partition coefficient (Wildman–Crippen LogP) is 1.64. The quantitative estimate of drug-likeness (QED) is 0.810. The van der Waals surface area contributed by atoms with Crippen LogP contribution in [0.1, 0.15) is 25.0 Å². The molecular weight excluding hydrogens is 293 g/mol. The van der Waals surface area contributed by atoms with Gasteiger partial charge in [0.25, 0.3) is 0 Å². The SMILES string of the molecule is Cc1cc(F)c(N)c(C)c1S(=O)(=O)NCC(C)(C)N(C)C. The molecule has 1 rings (SSSR count). The van der Waals surface area contributed by atoms with Gasteiger partial charge in [0.1, 0.15) is 5.82 Å². The van der Waals surface area contributed by atoms with Crippen LogP contribution in [0.4, 0.5) is 10.1 Å². The molecule has 0 unspecified atom stereocenters. The Morgan fingerprint density at radius 3 is 2.33 bits per heavy atom. The molecule has 0 saturated heterocycles. The van der Waals surface area contributed by atoms with Gasteiger partial charge in [0.2, 0.25) is 10.0 Å². The fraction of sp³-hybridized carbons (Fsp3) is 0.571. The minimum Gasteiger partial charge on any atom is -0.396 e. The summed E-state index contributed by atoms with van der Waals surface area (Å²) in [5.74, 6) is -0.599. The van der Waals surface area contributed by atoms with E-state index in [1.54, 1.807) is 6.92 Å². The number of rotatable bonds is 5. The van der Waals surface area contributed by atoms with E-state index in [0.29, 0.717) is 5.56 Å². The van der Waals surface area contributed by atoms with Gasteiger partial charge in [-0.15, -0.1) is 0 Å².